The second-order valence-electron chi connectivity index (χ2n) is 9.12. The minimum absolute atomic E-state index is 0.0893. The average Bonchev–Trinajstić information content (AvgIpc) is 3.19. The first-order chi connectivity index (χ1) is 15.0. The molecule has 1 aliphatic carbocycles. The van der Waals surface area contributed by atoms with Gasteiger partial charge in [0.15, 0.2) is 0 Å². The zero-order valence-electron chi connectivity index (χ0n) is 18.9. The molecule has 0 bridgehead atoms. The summed E-state index contributed by atoms with van der Waals surface area (Å²) in [4.78, 5) is 14.8. The van der Waals surface area contributed by atoms with Gasteiger partial charge in [-0.3, -0.25) is 4.79 Å². The van der Waals surface area contributed by atoms with E-state index in [9.17, 15) is 4.79 Å². The summed E-state index contributed by atoms with van der Waals surface area (Å²) in [6, 6.07) is 20.6. The van der Waals surface area contributed by atoms with Crippen LogP contribution in [0.3, 0.4) is 0 Å². The van der Waals surface area contributed by atoms with E-state index in [2.05, 4.69) is 45.0 Å². The molecule has 0 fully saturated rings. The van der Waals surface area contributed by atoms with Crippen LogP contribution in [0.2, 0.25) is 0 Å². The van der Waals surface area contributed by atoms with Crippen molar-refractivity contribution in [1.82, 2.24) is 9.78 Å². The number of nitrogens with zero attached hydrogens (tertiary/aromatic N) is 2. The molecule has 1 unspecified atom stereocenters. The number of carbonyl (C=O) groups excluding carboxylic acids is 1. The Hall–Kier alpha value is -2.33. The molecule has 0 spiro atoms. The van der Waals surface area contributed by atoms with Gasteiger partial charge in [0.25, 0.3) is 5.91 Å². The van der Waals surface area contributed by atoms with Gasteiger partial charge in [-0.15, -0.1) is 11.8 Å². The maximum Gasteiger partial charge on any atom is 0.251 e. The number of thioether (sulfide) groups is 1. The van der Waals surface area contributed by atoms with Crippen molar-refractivity contribution in [1.29, 1.82) is 0 Å². The molecule has 1 heterocycles. The number of hydrogen-bond donors (Lipinski definition) is 0. The topological polar surface area (TPSA) is 34.9 Å². The first-order valence-corrected chi connectivity index (χ1v) is 12.4. The molecule has 4 heteroatoms. The fourth-order valence-corrected chi connectivity index (χ4v) is 5.55. The molecule has 0 radical (unpaired) electrons. The van der Waals surface area contributed by atoms with E-state index in [0.717, 1.165) is 35.5 Å². The van der Waals surface area contributed by atoms with Gasteiger partial charge in [-0.2, -0.15) is 9.78 Å². The fourth-order valence-electron chi connectivity index (χ4n) is 4.62. The number of fused-ring (bicyclic) bond motifs is 1. The van der Waals surface area contributed by atoms with Gasteiger partial charge >= 0.3 is 0 Å². The highest BCUT2D eigenvalue weighted by Gasteiger charge is 2.35. The minimum atomic E-state index is -0.123. The van der Waals surface area contributed by atoms with Gasteiger partial charge in [0, 0.05) is 33.6 Å². The molecule has 3 aromatic rings. The van der Waals surface area contributed by atoms with Gasteiger partial charge in [-0.05, 0) is 36.8 Å². The monoisotopic (exact) mass is 432 g/mol. The Labute approximate surface area is 190 Å². The summed E-state index contributed by atoms with van der Waals surface area (Å²) in [6.45, 7) is 8.85. The molecule has 0 N–H and O–H groups in total. The van der Waals surface area contributed by atoms with Gasteiger partial charge in [-0.25, -0.2) is 0 Å². The smallest absolute Gasteiger partial charge is 0.251 e. The predicted octanol–water partition coefficient (Wildman–Crippen LogP) is 7.26. The maximum atomic E-state index is 13.6. The Bertz CT molecular complexity index is 1030. The van der Waals surface area contributed by atoms with Crippen LogP contribution in [0, 0.1) is 11.8 Å². The van der Waals surface area contributed by atoms with E-state index in [1.54, 1.807) is 16.4 Å². The van der Waals surface area contributed by atoms with Crippen molar-refractivity contribution in [2.45, 2.75) is 57.3 Å². The number of aromatic nitrogens is 2. The summed E-state index contributed by atoms with van der Waals surface area (Å²) in [5, 5.41) is 5.01. The van der Waals surface area contributed by atoms with Crippen molar-refractivity contribution < 1.29 is 4.79 Å². The van der Waals surface area contributed by atoms with E-state index in [4.69, 9.17) is 5.10 Å². The van der Waals surface area contributed by atoms with Crippen LogP contribution in [-0.4, -0.2) is 21.4 Å². The predicted molar refractivity (Wildman–Crippen MR) is 130 cm³/mol. The van der Waals surface area contributed by atoms with Crippen LogP contribution in [0.4, 0.5) is 0 Å². The Morgan fingerprint density at radius 2 is 1.68 bits per heavy atom. The molecule has 0 saturated heterocycles. The summed E-state index contributed by atoms with van der Waals surface area (Å²) in [5.74, 6) is 2.05. The molecule has 0 aliphatic heterocycles. The molecule has 162 valence electrons. The first-order valence-electron chi connectivity index (χ1n) is 11.4. The molecule has 2 aromatic carbocycles. The molecule has 0 saturated carbocycles. The Morgan fingerprint density at radius 1 is 1.03 bits per heavy atom. The molecule has 3 nitrogen and oxygen atoms in total. The molecular weight excluding hydrogens is 400 g/mol. The van der Waals surface area contributed by atoms with Crippen LogP contribution in [-0.2, 0) is 0 Å². The van der Waals surface area contributed by atoms with Gasteiger partial charge in [0.05, 0.1) is 11.4 Å². The van der Waals surface area contributed by atoms with Crippen molar-refractivity contribution in [3.8, 4) is 11.3 Å². The zero-order valence-corrected chi connectivity index (χ0v) is 19.7. The molecule has 4 rings (SSSR count). The third-order valence-electron chi connectivity index (χ3n) is 6.43. The number of benzene rings is 2. The van der Waals surface area contributed by atoms with E-state index in [1.165, 1.54) is 10.5 Å². The molecule has 0 amide bonds. The molecular formula is C27H32N2OS. The fraction of sp³-hybridized carbons (Fsp3) is 0.407. The van der Waals surface area contributed by atoms with Gasteiger partial charge in [0.1, 0.15) is 0 Å². The lowest BCUT2D eigenvalue weighted by Crippen LogP contribution is -2.23. The van der Waals surface area contributed by atoms with E-state index < -0.39 is 0 Å². The van der Waals surface area contributed by atoms with E-state index in [1.807, 2.05) is 43.3 Å². The second-order valence-corrected chi connectivity index (χ2v) is 10.2. The van der Waals surface area contributed by atoms with Crippen molar-refractivity contribution in [2.75, 3.05) is 5.75 Å². The normalized spacial score (nSPS) is 19.3. The van der Waals surface area contributed by atoms with Crippen LogP contribution in [0.5, 0.6) is 0 Å². The van der Waals surface area contributed by atoms with E-state index in [-0.39, 0.29) is 11.8 Å². The van der Waals surface area contributed by atoms with Crippen molar-refractivity contribution in [3.05, 3.63) is 71.9 Å². The highest BCUT2D eigenvalue weighted by atomic mass is 32.2. The summed E-state index contributed by atoms with van der Waals surface area (Å²) in [7, 11) is 0. The van der Waals surface area contributed by atoms with Crippen LogP contribution >= 0.6 is 11.8 Å². The van der Waals surface area contributed by atoms with Crippen LogP contribution in [0.15, 0.2) is 65.6 Å². The summed E-state index contributed by atoms with van der Waals surface area (Å²) in [6.07, 6.45) is 2.29. The standard InChI is InChI=1S/C27H32N2OS/c1-18(2)23-16-15-19(3)24-25(23)28-29(26(24)21-11-7-5-8-12-21)27(30)20(4)17-31-22-13-9-6-10-14-22/h5-14,18-20,23H,15-17H2,1-4H3/t19-,20?,23+/m1/s1. The second kappa shape index (κ2) is 9.44. The third-order valence-corrected chi connectivity index (χ3v) is 7.70. The lowest BCUT2D eigenvalue weighted by Gasteiger charge is -2.28. The molecule has 1 aromatic heterocycles. The van der Waals surface area contributed by atoms with Gasteiger partial charge < -0.3 is 0 Å². The van der Waals surface area contributed by atoms with Crippen LogP contribution in [0.1, 0.15) is 68.4 Å². The number of carbonyl (C=O) groups is 1. The zero-order chi connectivity index (χ0) is 22.0. The van der Waals surface area contributed by atoms with Crippen LogP contribution in [0.25, 0.3) is 11.3 Å². The Kier molecular flexibility index (Phi) is 6.66. The third kappa shape index (κ3) is 4.50. The quantitative estimate of drug-likeness (QED) is 0.385. The maximum absolute atomic E-state index is 13.6. The van der Waals surface area contributed by atoms with Crippen LogP contribution < -0.4 is 0 Å². The molecule has 3 atom stereocenters. The molecule has 1 aliphatic rings. The van der Waals surface area contributed by atoms with Gasteiger partial charge in [-0.1, -0.05) is 76.2 Å². The first kappa shape index (κ1) is 21.9. The van der Waals surface area contributed by atoms with Gasteiger partial charge in [0.2, 0.25) is 0 Å². The van der Waals surface area contributed by atoms with Crippen molar-refractivity contribution in [3.63, 3.8) is 0 Å². The number of rotatable bonds is 6. The largest absolute Gasteiger partial charge is 0.272 e. The SMILES string of the molecule is CC(CSc1ccccc1)C(=O)n1nc2c(c1-c1ccccc1)[C@H](C)CC[C@H]2C(C)C. The number of hydrogen-bond acceptors (Lipinski definition) is 3. The lowest BCUT2D eigenvalue weighted by molar-refractivity contribution is 0.0842. The summed E-state index contributed by atoms with van der Waals surface area (Å²) >= 11 is 1.73. The summed E-state index contributed by atoms with van der Waals surface area (Å²) < 4.78 is 1.74. The summed E-state index contributed by atoms with van der Waals surface area (Å²) in [5.41, 5.74) is 4.52. The van der Waals surface area contributed by atoms with E-state index in [0.29, 0.717) is 17.8 Å². The van der Waals surface area contributed by atoms with E-state index >= 15 is 0 Å². The lowest BCUT2D eigenvalue weighted by atomic mass is 9.75. The highest BCUT2D eigenvalue weighted by molar-refractivity contribution is 7.99. The molecule has 31 heavy (non-hydrogen) atoms. The van der Waals surface area contributed by atoms with Crippen molar-refractivity contribution >= 4 is 17.7 Å². The Balaban J connectivity index is 1.72. The highest BCUT2D eigenvalue weighted by Crippen LogP contribution is 2.46. The minimum Gasteiger partial charge on any atom is -0.272 e. The van der Waals surface area contributed by atoms with Crippen molar-refractivity contribution in [2.24, 2.45) is 11.8 Å². The average molecular weight is 433 g/mol. The Morgan fingerprint density at radius 3 is 2.32 bits per heavy atom.